The molecule has 0 aliphatic carbocycles. The standard InChI is InChI=1S/C27H28N2O5/c28-14-17-2-1-3-20(8-17)24-10-19(9-22-12-23(6-7-30)34-27(22)24)16-33-25-11-18(15-29)4-5-21(25)13-26(31)32/h1-5,8-12,30H,6-7,13-16,28-29H2,(H,31,32). The average Bonchev–Trinajstić information content (AvgIpc) is 3.25. The van der Waals surface area contributed by atoms with E-state index in [1.54, 1.807) is 12.1 Å². The number of nitrogens with two attached hydrogens (primary N) is 2. The Balaban J connectivity index is 1.73. The van der Waals surface area contributed by atoms with Gasteiger partial charge in [0.25, 0.3) is 0 Å². The predicted octanol–water partition coefficient (Wildman–Crippen LogP) is 3.76. The number of hydrogen-bond donors (Lipinski definition) is 4. The zero-order valence-corrected chi connectivity index (χ0v) is 18.8. The summed E-state index contributed by atoms with van der Waals surface area (Å²) in [6.45, 7) is 0.996. The summed E-state index contributed by atoms with van der Waals surface area (Å²) in [6.07, 6.45) is 0.288. The van der Waals surface area contributed by atoms with E-state index in [1.807, 2.05) is 48.5 Å². The van der Waals surface area contributed by atoms with Crippen LogP contribution in [-0.4, -0.2) is 22.8 Å². The third-order valence-electron chi connectivity index (χ3n) is 5.66. The van der Waals surface area contributed by atoms with E-state index in [1.165, 1.54) is 0 Å². The zero-order valence-electron chi connectivity index (χ0n) is 18.8. The summed E-state index contributed by atoms with van der Waals surface area (Å²) in [5.74, 6) is 0.278. The molecule has 7 heteroatoms. The average molecular weight is 461 g/mol. The largest absolute Gasteiger partial charge is 0.489 e. The lowest BCUT2D eigenvalue weighted by Crippen LogP contribution is -2.06. The molecule has 0 saturated carbocycles. The Bertz CT molecular complexity index is 1310. The molecule has 3 aromatic carbocycles. The van der Waals surface area contributed by atoms with E-state index in [0.29, 0.717) is 36.6 Å². The molecule has 4 aromatic rings. The molecule has 0 aliphatic heterocycles. The molecule has 0 radical (unpaired) electrons. The van der Waals surface area contributed by atoms with Crippen LogP contribution in [0.4, 0.5) is 0 Å². The van der Waals surface area contributed by atoms with Crippen molar-refractivity contribution in [1.29, 1.82) is 0 Å². The van der Waals surface area contributed by atoms with Gasteiger partial charge in [-0.25, -0.2) is 0 Å². The first-order valence-corrected chi connectivity index (χ1v) is 11.1. The molecular formula is C27H28N2O5. The summed E-state index contributed by atoms with van der Waals surface area (Å²) in [6, 6.07) is 19.2. The van der Waals surface area contributed by atoms with Crippen LogP contribution in [0.15, 0.2) is 65.1 Å². The maximum atomic E-state index is 11.3. The minimum absolute atomic E-state index is 0.00236. The van der Waals surface area contributed by atoms with Gasteiger partial charge >= 0.3 is 5.97 Å². The molecule has 0 unspecified atom stereocenters. The number of carboxylic acids is 1. The Morgan fingerprint density at radius 1 is 0.941 bits per heavy atom. The van der Waals surface area contributed by atoms with Crippen molar-refractivity contribution >= 4 is 16.9 Å². The normalized spacial score (nSPS) is 11.1. The summed E-state index contributed by atoms with van der Waals surface area (Å²) in [4.78, 5) is 11.3. The molecule has 4 rings (SSSR count). The lowest BCUT2D eigenvalue weighted by molar-refractivity contribution is -0.136. The van der Waals surface area contributed by atoms with Gasteiger partial charge in [0.15, 0.2) is 0 Å². The molecule has 1 aromatic heterocycles. The molecule has 0 aliphatic rings. The first-order valence-electron chi connectivity index (χ1n) is 11.1. The van der Waals surface area contributed by atoms with Gasteiger partial charge in [-0.05, 0) is 52.6 Å². The van der Waals surface area contributed by atoms with Crippen molar-refractivity contribution in [2.24, 2.45) is 11.5 Å². The van der Waals surface area contributed by atoms with Gasteiger partial charge in [0.2, 0.25) is 0 Å². The van der Waals surface area contributed by atoms with E-state index >= 15 is 0 Å². The lowest BCUT2D eigenvalue weighted by Gasteiger charge is -2.13. The van der Waals surface area contributed by atoms with Gasteiger partial charge in [-0.2, -0.15) is 0 Å². The van der Waals surface area contributed by atoms with Crippen LogP contribution in [0.1, 0.15) is 28.0 Å². The molecule has 0 fully saturated rings. The maximum absolute atomic E-state index is 11.3. The van der Waals surface area contributed by atoms with Gasteiger partial charge in [0, 0.05) is 36.0 Å². The summed E-state index contributed by atoms with van der Waals surface area (Å²) < 4.78 is 12.2. The Labute approximate surface area is 197 Å². The highest BCUT2D eigenvalue weighted by atomic mass is 16.5. The second-order valence-corrected chi connectivity index (χ2v) is 8.16. The summed E-state index contributed by atoms with van der Waals surface area (Å²) in [5.41, 5.74) is 17.6. The van der Waals surface area contributed by atoms with E-state index in [4.69, 9.17) is 20.6 Å². The van der Waals surface area contributed by atoms with Crippen LogP contribution >= 0.6 is 0 Å². The van der Waals surface area contributed by atoms with Gasteiger partial charge in [-0.3, -0.25) is 4.79 Å². The molecule has 0 spiro atoms. The minimum Gasteiger partial charge on any atom is -0.489 e. The molecule has 0 amide bonds. The third-order valence-corrected chi connectivity index (χ3v) is 5.66. The third kappa shape index (κ3) is 5.28. The Hall–Kier alpha value is -3.65. The fraction of sp³-hybridized carbons (Fsp3) is 0.222. The highest BCUT2D eigenvalue weighted by Gasteiger charge is 2.15. The van der Waals surface area contributed by atoms with Gasteiger partial charge in [-0.15, -0.1) is 0 Å². The Kier molecular flexibility index (Phi) is 7.27. The number of aliphatic hydroxyl groups excluding tert-OH is 1. The molecule has 1 heterocycles. The number of benzene rings is 3. The lowest BCUT2D eigenvalue weighted by atomic mass is 9.99. The number of fused-ring (bicyclic) bond motifs is 1. The predicted molar refractivity (Wildman–Crippen MR) is 130 cm³/mol. The van der Waals surface area contributed by atoms with Crippen molar-refractivity contribution in [2.75, 3.05) is 6.61 Å². The van der Waals surface area contributed by atoms with E-state index in [0.717, 1.165) is 38.8 Å². The smallest absolute Gasteiger partial charge is 0.307 e. The van der Waals surface area contributed by atoms with Crippen molar-refractivity contribution in [1.82, 2.24) is 0 Å². The zero-order chi connectivity index (χ0) is 24.1. The van der Waals surface area contributed by atoms with Crippen LogP contribution in [0.5, 0.6) is 5.75 Å². The molecule has 0 saturated heterocycles. The number of rotatable bonds is 10. The molecule has 34 heavy (non-hydrogen) atoms. The number of ether oxygens (including phenoxy) is 1. The van der Waals surface area contributed by atoms with Crippen LogP contribution in [-0.2, 0) is 37.3 Å². The fourth-order valence-electron chi connectivity index (χ4n) is 4.00. The first kappa shape index (κ1) is 23.5. The van der Waals surface area contributed by atoms with E-state index in [9.17, 15) is 15.0 Å². The molecule has 7 nitrogen and oxygen atoms in total. The van der Waals surface area contributed by atoms with Gasteiger partial charge < -0.3 is 30.8 Å². The van der Waals surface area contributed by atoms with Crippen LogP contribution in [0, 0.1) is 0 Å². The van der Waals surface area contributed by atoms with Gasteiger partial charge in [0.1, 0.15) is 23.7 Å². The number of aliphatic carboxylic acids is 1. The number of carbonyl (C=O) groups is 1. The number of aliphatic hydroxyl groups is 1. The quantitative estimate of drug-likeness (QED) is 0.283. The summed E-state index contributed by atoms with van der Waals surface area (Å²) in [5, 5.41) is 19.5. The Morgan fingerprint density at radius 3 is 2.47 bits per heavy atom. The topological polar surface area (TPSA) is 132 Å². The second-order valence-electron chi connectivity index (χ2n) is 8.16. The number of furan rings is 1. The molecule has 6 N–H and O–H groups in total. The van der Waals surface area contributed by atoms with Crippen LogP contribution in [0.25, 0.3) is 22.1 Å². The highest BCUT2D eigenvalue weighted by molar-refractivity contribution is 5.93. The monoisotopic (exact) mass is 460 g/mol. The number of carboxylic acid groups (broad SMARTS) is 1. The molecule has 176 valence electrons. The van der Waals surface area contributed by atoms with Crippen LogP contribution in [0.2, 0.25) is 0 Å². The summed E-state index contributed by atoms with van der Waals surface area (Å²) >= 11 is 0. The van der Waals surface area contributed by atoms with Gasteiger partial charge in [-0.1, -0.05) is 30.3 Å². The van der Waals surface area contributed by atoms with Crippen molar-refractivity contribution in [3.05, 3.63) is 88.7 Å². The minimum atomic E-state index is -0.927. The van der Waals surface area contributed by atoms with Gasteiger partial charge in [0.05, 0.1) is 13.0 Å². The first-order chi connectivity index (χ1) is 16.5. The SMILES string of the molecule is NCc1cccc(-c2cc(COc3cc(CN)ccc3CC(=O)O)cc3cc(CCO)oc23)c1. The molecule has 0 atom stereocenters. The molecule has 0 bridgehead atoms. The molecular weight excluding hydrogens is 432 g/mol. The van der Waals surface area contributed by atoms with Crippen molar-refractivity contribution in [3.8, 4) is 16.9 Å². The van der Waals surface area contributed by atoms with Crippen LogP contribution in [0.3, 0.4) is 0 Å². The highest BCUT2D eigenvalue weighted by Crippen LogP contribution is 2.34. The van der Waals surface area contributed by atoms with Crippen molar-refractivity contribution in [2.45, 2.75) is 32.5 Å². The Morgan fingerprint density at radius 2 is 1.74 bits per heavy atom. The fourth-order valence-corrected chi connectivity index (χ4v) is 4.00. The van der Waals surface area contributed by atoms with Crippen molar-refractivity contribution in [3.63, 3.8) is 0 Å². The second kappa shape index (κ2) is 10.5. The van der Waals surface area contributed by atoms with E-state index in [-0.39, 0.29) is 19.6 Å². The van der Waals surface area contributed by atoms with Crippen molar-refractivity contribution < 1.29 is 24.2 Å². The van der Waals surface area contributed by atoms with Crippen LogP contribution < -0.4 is 16.2 Å². The van der Waals surface area contributed by atoms with E-state index < -0.39 is 5.97 Å². The van der Waals surface area contributed by atoms with E-state index in [2.05, 4.69) is 0 Å². The number of hydrogen-bond acceptors (Lipinski definition) is 6. The maximum Gasteiger partial charge on any atom is 0.307 e. The summed E-state index contributed by atoms with van der Waals surface area (Å²) in [7, 11) is 0.